The molecule has 0 unspecified atom stereocenters. The van der Waals surface area contributed by atoms with Crippen LogP contribution in [0.4, 0.5) is 17.1 Å². The Balaban J connectivity index is 1.39. The summed E-state index contributed by atoms with van der Waals surface area (Å²) in [6.45, 7) is 0. The molecule has 3 heteroatoms. The van der Waals surface area contributed by atoms with Crippen molar-refractivity contribution in [2.75, 3.05) is 4.90 Å². The smallest absolute Gasteiger partial charge is 0.0555 e. The fraction of sp³-hybridized carbons (Fsp3) is 0. The minimum Gasteiger partial charge on any atom is -0.309 e. The Bertz CT molecular complexity index is 2480. The Hall–Kier alpha value is -5.51. The second-order valence-corrected chi connectivity index (χ2v) is 12.3. The van der Waals surface area contributed by atoms with Crippen molar-refractivity contribution in [3.05, 3.63) is 158 Å². The van der Waals surface area contributed by atoms with Crippen LogP contribution in [0.25, 0.3) is 63.6 Å². The van der Waals surface area contributed by atoms with Crippen LogP contribution in [-0.4, -0.2) is 4.98 Å². The number of benzene rings is 7. The molecule has 0 spiro atoms. The van der Waals surface area contributed by atoms with E-state index in [0.29, 0.717) is 0 Å². The van der Waals surface area contributed by atoms with Crippen LogP contribution in [-0.2, 0) is 0 Å². The summed E-state index contributed by atoms with van der Waals surface area (Å²) in [5.74, 6) is 0. The predicted molar refractivity (Wildman–Crippen MR) is 190 cm³/mol. The van der Waals surface area contributed by atoms with Gasteiger partial charge in [0.1, 0.15) is 0 Å². The molecule has 2 aromatic heterocycles. The molecule has 9 aromatic rings. The summed E-state index contributed by atoms with van der Waals surface area (Å²) in [6, 6.07) is 52.9. The van der Waals surface area contributed by atoms with Gasteiger partial charge in [-0.3, -0.25) is 4.98 Å². The minimum absolute atomic E-state index is 1.12. The number of anilines is 3. The van der Waals surface area contributed by atoms with Crippen molar-refractivity contribution in [2.45, 2.75) is 0 Å². The normalized spacial score (nSPS) is 11.6. The summed E-state index contributed by atoms with van der Waals surface area (Å²) < 4.78 is 2.45. The lowest BCUT2D eigenvalue weighted by Gasteiger charge is -2.29. The van der Waals surface area contributed by atoms with Crippen LogP contribution < -0.4 is 4.90 Å². The van der Waals surface area contributed by atoms with Crippen molar-refractivity contribution >= 4 is 80.9 Å². The molecule has 0 atom stereocenters. The molecule has 2 nitrogen and oxygen atoms in total. The van der Waals surface area contributed by atoms with Gasteiger partial charge in [0, 0.05) is 38.9 Å². The summed E-state index contributed by atoms with van der Waals surface area (Å²) in [4.78, 5) is 6.90. The van der Waals surface area contributed by atoms with E-state index in [1.807, 2.05) is 12.4 Å². The van der Waals surface area contributed by atoms with E-state index in [0.717, 1.165) is 17.1 Å². The molecule has 0 amide bonds. The lowest BCUT2D eigenvalue weighted by atomic mass is 9.94. The number of rotatable bonds is 4. The van der Waals surface area contributed by atoms with Gasteiger partial charge in [0.15, 0.2) is 0 Å². The van der Waals surface area contributed by atoms with Gasteiger partial charge in [0.2, 0.25) is 0 Å². The molecule has 2 heterocycles. The van der Waals surface area contributed by atoms with E-state index in [2.05, 4.69) is 155 Å². The summed E-state index contributed by atoms with van der Waals surface area (Å²) in [7, 11) is 0. The average molecular weight is 579 g/mol. The molecule has 0 aliphatic rings. The van der Waals surface area contributed by atoms with E-state index in [4.69, 9.17) is 0 Å². The first kappa shape index (κ1) is 25.0. The Morgan fingerprint density at radius 2 is 1.18 bits per heavy atom. The molecule has 0 saturated carbocycles. The van der Waals surface area contributed by atoms with Crippen molar-refractivity contribution in [3.63, 3.8) is 0 Å². The van der Waals surface area contributed by atoms with Gasteiger partial charge in [-0.2, -0.15) is 0 Å². The first-order valence-electron chi connectivity index (χ1n) is 14.9. The summed E-state index contributed by atoms with van der Waals surface area (Å²) in [5.41, 5.74) is 5.87. The number of hydrogen-bond donors (Lipinski definition) is 0. The average Bonchev–Trinajstić information content (AvgIpc) is 3.48. The number of nitrogens with zero attached hydrogens (tertiary/aromatic N) is 2. The number of hydrogen-bond acceptors (Lipinski definition) is 3. The van der Waals surface area contributed by atoms with Gasteiger partial charge in [-0.15, -0.1) is 11.3 Å². The van der Waals surface area contributed by atoms with E-state index >= 15 is 0 Å². The van der Waals surface area contributed by atoms with E-state index in [-0.39, 0.29) is 0 Å². The highest BCUT2D eigenvalue weighted by Crippen LogP contribution is 2.48. The van der Waals surface area contributed by atoms with Crippen molar-refractivity contribution in [1.29, 1.82) is 0 Å². The third-order valence-electron chi connectivity index (χ3n) is 8.72. The highest BCUT2D eigenvalue weighted by molar-refractivity contribution is 7.25. The summed E-state index contributed by atoms with van der Waals surface area (Å²) in [6.07, 6.45) is 3.89. The Morgan fingerprint density at radius 3 is 2.02 bits per heavy atom. The number of thiophene rings is 1. The van der Waals surface area contributed by atoms with E-state index < -0.39 is 0 Å². The molecule has 9 rings (SSSR count). The van der Waals surface area contributed by atoms with Crippen LogP contribution >= 0.6 is 11.3 Å². The van der Waals surface area contributed by atoms with Gasteiger partial charge in [-0.05, 0) is 74.5 Å². The van der Waals surface area contributed by atoms with Gasteiger partial charge in [-0.25, -0.2) is 0 Å². The molecule has 0 aliphatic carbocycles. The van der Waals surface area contributed by atoms with Crippen LogP contribution in [0.1, 0.15) is 0 Å². The van der Waals surface area contributed by atoms with Crippen molar-refractivity contribution in [2.24, 2.45) is 0 Å². The Labute approximate surface area is 259 Å². The molecule has 0 bridgehead atoms. The molecule has 206 valence electrons. The number of aromatic nitrogens is 1. The highest BCUT2D eigenvalue weighted by atomic mass is 32.1. The highest BCUT2D eigenvalue weighted by Gasteiger charge is 2.22. The van der Waals surface area contributed by atoms with Gasteiger partial charge < -0.3 is 4.90 Å². The fourth-order valence-corrected chi connectivity index (χ4v) is 7.82. The summed E-state index contributed by atoms with van der Waals surface area (Å²) in [5, 5.41) is 10.0. The first-order chi connectivity index (χ1) is 21.8. The van der Waals surface area contributed by atoms with Crippen LogP contribution in [0, 0.1) is 0 Å². The topological polar surface area (TPSA) is 16.1 Å². The van der Waals surface area contributed by atoms with Crippen molar-refractivity contribution < 1.29 is 0 Å². The van der Waals surface area contributed by atoms with Gasteiger partial charge >= 0.3 is 0 Å². The largest absolute Gasteiger partial charge is 0.309 e. The number of pyridine rings is 1. The molecule has 0 fully saturated rings. The monoisotopic (exact) mass is 578 g/mol. The maximum Gasteiger partial charge on any atom is 0.0555 e. The zero-order valence-electron chi connectivity index (χ0n) is 23.8. The van der Waals surface area contributed by atoms with Gasteiger partial charge in [0.25, 0.3) is 0 Å². The predicted octanol–water partition coefficient (Wildman–Crippen LogP) is 12.0. The maximum absolute atomic E-state index is 4.44. The van der Waals surface area contributed by atoms with Gasteiger partial charge in [-0.1, -0.05) is 109 Å². The van der Waals surface area contributed by atoms with Crippen LogP contribution in [0.5, 0.6) is 0 Å². The minimum atomic E-state index is 1.12. The molecule has 7 aromatic carbocycles. The first-order valence-corrected chi connectivity index (χ1v) is 15.7. The molecule has 0 N–H and O–H groups in total. The van der Waals surface area contributed by atoms with E-state index in [1.54, 1.807) is 11.3 Å². The third kappa shape index (κ3) is 3.90. The second kappa shape index (κ2) is 10.0. The zero-order valence-corrected chi connectivity index (χ0v) is 24.6. The van der Waals surface area contributed by atoms with Crippen molar-refractivity contribution in [1.82, 2.24) is 4.98 Å². The maximum atomic E-state index is 4.44. The van der Waals surface area contributed by atoms with E-state index in [1.165, 1.54) is 63.6 Å². The Kier molecular flexibility index (Phi) is 5.71. The standard InChI is InChI=1S/C41H26N2S/c1-2-9-27(10-3-1)28-17-20-31(21-18-28)43(36-15-8-16-38-41(36)35-23-24-42-26-39(35)44-38)37-25-30-12-5-7-14-33(30)40-32-13-6-4-11-29(32)19-22-34(37)40/h1-26H. The molecule has 0 aliphatic heterocycles. The second-order valence-electron chi connectivity index (χ2n) is 11.2. The molecular weight excluding hydrogens is 553 g/mol. The molecule has 0 saturated heterocycles. The van der Waals surface area contributed by atoms with Crippen LogP contribution in [0.2, 0.25) is 0 Å². The lowest BCUT2D eigenvalue weighted by Crippen LogP contribution is -2.11. The van der Waals surface area contributed by atoms with Crippen LogP contribution in [0.3, 0.4) is 0 Å². The SMILES string of the molecule is c1ccc(-c2ccc(N(c3cc4ccccc4c4c3ccc3ccccc34)c3cccc4sc5cnccc5c34)cc2)cc1. The molecular formula is C41H26N2S. The van der Waals surface area contributed by atoms with Crippen LogP contribution in [0.15, 0.2) is 158 Å². The van der Waals surface area contributed by atoms with Crippen molar-refractivity contribution in [3.8, 4) is 11.1 Å². The van der Waals surface area contributed by atoms with E-state index in [9.17, 15) is 0 Å². The number of fused-ring (bicyclic) bond motifs is 8. The van der Waals surface area contributed by atoms with Gasteiger partial charge in [0.05, 0.1) is 16.1 Å². The third-order valence-corrected chi connectivity index (χ3v) is 9.83. The molecule has 44 heavy (non-hydrogen) atoms. The fourth-order valence-electron chi connectivity index (χ4n) is 6.73. The zero-order chi connectivity index (χ0) is 29.0. The summed E-state index contributed by atoms with van der Waals surface area (Å²) >= 11 is 1.80. The molecule has 0 radical (unpaired) electrons. The Morgan fingerprint density at radius 1 is 0.455 bits per heavy atom. The lowest BCUT2D eigenvalue weighted by molar-refractivity contribution is 1.32. The quantitative estimate of drug-likeness (QED) is 0.193.